The van der Waals surface area contributed by atoms with Gasteiger partial charge < -0.3 is 129 Å². The summed E-state index contributed by atoms with van der Waals surface area (Å²) in [5.41, 5.74) is 0.369. The highest BCUT2D eigenvalue weighted by molar-refractivity contribution is 5.81. The molecule has 28 heteroatoms. The molecule has 5 saturated heterocycles. The van der Waals surface area contributed by atoms with Gasteiger partial charge in [0, 0.05) is 6.42 Å². The lowest BCUT2D eigenvalue weighted by atomic mass is 9.47. The number of esters is 1. The van der Waals surface area contributed by atoms with Crippen LogP contribution in [0.3, 0.4) is 0 Å². The fourth-order valence-corrected chi connectivity index (χ4v) is 15.4. The number of hydrogen-bond acceptors (Lipinski definition) is 28. The Morgan fingerprint density at radius 1 is 0.588 bits per heavy atom. The summed E-state index contributed by atoms with van der Waals surface area (Å²) in [6.45, 7) is 8.33. The molecule has 85 heavy (non-hydrogen) atoms. The first-order valence-corrected chi connectivity index (χ1v) is 30.1. The lowest BCUT2D eigenvalue weighted by Gasteiger charge is -2.58. The lowest BCUT2D eigenvalue weighted by molar-refractivity contribution is -0.395. The van der Waals surface area contributed by atoms with Gasteiger partial charge in [0.25, 0.3) is 0 Å². The van der Waals surface area contributed by atoms with Crippen molar-refractivity contribution in [2.24, 2.45) is 40.4 Å². The lowest BCUT2D eigenvalue weighted by Crippen LogP contribution is -2.67. The summed E-state index contributed by atoms with van der Waals surface area (Å²) in [7, 11) is 0. The van der Waals surface area contributed by atoms with Gasteiger partial charge in [0.15, 0.2) is 31.5 Å². The second-order valence-corrected chi connectivity index (χ2v) is 25.9. The van der Waals surface area contributed by atoms with E-state index in [1.807, 2.05) is 6.92 Å². The minimum Gasteiger partial charge on any atom is -0.462 e. The maximum atomic E-state index is 13.6. The highest BCUT2D eigenvalue weighted by atomic mass is 16.8. The number of Topliss-reactive ketones (excluding diaryl/α,β-unsaturated/α-hetero) is 1. The third kappa shape index (κ3) is 13.2. The quantitative estimate of drug-likeness (QED) is 0.0429. The summed E-state index contributed by atoms with van der Waals surface area (Å²) < 4.78 is 65.5. The monoisotopic (exact) mass is 1220 g/mol. The molecule has 8 fully saturated rings. The standard InChI is InChI=1S/C57H92O28/c1-21(20-75-51-43(70)41(68)38(65)31(17-58)80-51)7-10-34(62)79-30-16-29-27-9-8-25-15-26(11-13-56(25,5)28(27)12-14-57(29,6)35(30)22(2)61)78-55-50(85-53-45(72)40(67)37(64)24(4)77-53)47(74)49(33(19-60)82-55)84-54-46(73)42(69)48(32(18-59)81-54)83-52-44(71)39(66)36(63)23(3)76-52/h8,21,23-24,26-33,35-55,58-60,63-74H,7,9-20H2,1-6H3/t21-,23+,24+,26+,27-,28+,29+,30+,31-,32-,33-,35+,36+,37+,38-,39-,40-,41+,42-,43-,44-,45-,46-,47+,48-,49-,50-,51-,52+,53+,54+,55-,56+,57+/m1/s1. The minimum absolute atomic E-state index is 0.0241. The van der Waals surface area contributed by atoms with Crippen molar-refractivity contribution in [2.45, 2.75) is 265 Å². The molecular formula is C57H92O28. The summed E-state index contributed by atoms with van der Waals surface area (Å²) in [4.78, 5) is 27.2. The Labute approximate surface area is 492 Å². The van der Waals surface area contributed by atoms with E-state index in [9.17, 15) is 86.2 Å². The molecule has 0 radical (unpaired) electrons. The summed E-state index contributed by atoms with van der Waals surface area (Å²) in [6.07, 6.45) is -34.2. The van der Waals surface area contributed by atoms with Crippen LogP contribution in [-0.2, 0) is 61.7 Å². The molecule has 0 aromatic carbocycles. The third-order valence-electron chi connectivity index (χ3n) is 20.5. The fraction of sp³-hybridized carbons (Fsp3) is 0.930. The van der Waals surface area contributed by atoms with E-state index >= 15 is 0 Å². The number of rotatable bonds is 19. The van der Waals surface area contributed by atoms with Crippen molar-refractivity contribution in [3.63, 3.8) is 0 Å². The predicted octanol–water partition coefficient (Wildman–Crippen LogP) is -4.38. The Kier molecular flexibility index (Phi) is 21.7. The van der Waals surface area contributed by atoms with Crippen molar-refractivity contribution in [3.8, 4) is 0 Å². The van der Waals surface area contributed by atoms with E-state index in [2.05, 4.69) is 19.9 Å². The Balaban J connectivity index is 0.857. The number of fused-ring (bicyclic) bond motifs is 5. The van der Waals surface area contributed by atoms with Crippen molar-refractivity contribution in [3.05, 3.63) is 11.6 Å². The largest absolute Gasteiger partial charge is 0.462 e. The van der Waals surface area contributed by atoms with Crippen LogP contribution in [0.2, 0.25) is 0 Å². The zero-order chi connectivity index (χ0) is 61.9. The highest BCUT2D eigenvalue weighted by Gasteiger charge is 2.64. The molecule has 5 aliphatic heterocycles. The van der Waals surface area contributed by atoms with Crippen LogP contribution >= 0.6 is 0 Å². The van der Waals surface area contributed by atoms with Gasteiger partial charge in [0.05, 0.1) is 50.7 Å². The molecular weight excluding hydrogens is 1130 g/mol. The van der Waals surface area contributed by atoms with Crippen LogP contribution in [0, 0.1) is 40.4 Å². The molecule has 34 atom stereocenters. The molecule has 0 unspecified atom stereocenters. The Morgan fingerprint density at radius 2 is 1.11 bits per heavy atom. The first-order chi connectivity index (χ1) is 40.2. The molecule has 488 valence electrons. The number of carbonyl (C=O) groups excluding carboxylic acids is 2. The Morgan fingerprint density at radius 3 is 1.69 bits per heavy atom. The van der Waals surface area contributed by atoms with Gasteiger partial charge in [0.2, 0.25) is 0 Å². The second-order valence-electron chi connectivity index (χ2n) is 25.9. The topological polar surface area (TPSA) is 439 Å². The predicted molar refractivity (Wildman–Crippen MR) is 283 cm³/mol. The fourth-order valence-electron chi connectivity index (χ4n) is 15.4. The van der Waals surface area contributed by atoms with E-state index in [-0.39, 0.29) is 47.9 Å². The van der Waals surface area contributed by atoms with Crippen molar-refractivity contribution >= 4 is 11.8 Å². The van der Waals surface area contributed by atoms with Crippen LogP contribution in [0.25, 0.3) is 0 Å². The molecule has 28 nitrogen and oxygen atoms in total. The summed E-state index contributed by atoms with van der Waals surface area (Å²) >= 11 is 0. The van der Waals surface area contributed by atoms with E-state index in [1.54, 1.807) is 6.92 Å². The number of aliphatic hydroxyl groups excluding tert-OH is 15. The molecule has 0 spiro atoms. The molecule has 0 aromatic rings. The average molecular weight is 1230 g/mol. The molecule has 9 aliphatic rings. The third-order valence-corrected chi connectivity index (χ3v) is 20.5. The zero-order valence-corrected chi connectivity index (χ0v) is 48.8. The van der Waals surface area contributed by atoms with Crippen molar-refractivity contribution in [2.75, 3.05) is 26.4 Å². The molecule has 3 saturated carbocycles. The smallest absolute Gasteiger partial charge is 0.306 e. The van der Waals surface area contributed by atoms with Crippen LogP contribution in [0.5, 0.6) is 0 Å². The maximum absolute atomic E-state index is 13.6. The summed E-state index contributed by atoms with van der Waals surface area (Å²) in [5, 5.41) is 160. The normalized spacial score (nSPS) is 51.4. The van der Waals surface area contributed by atoms with Crippen LogP contribution < -0.4 is 0 Å². The summed E-state index contributed by atoms with van der Waals surface area (Å²) in [6, 6.07) is 0. The van der Waals surface area contributed by atoms with Gasteiger partial charge in [-0.25, -0.2) is 0 Å². The van der Waals surface area contributed by atoms with E-state index < -0.39 is 203 Å². The van der Waals surface area contributed by atoms with Crippen molar-refractivity contribution < 1.29 is 138 Å². The molecule has 0 bridgehead atoms. The van der Waals surface area contributed by atoms with Gasteiger partial charge >= 0.3 is 5.97 Å². The molecule has 9 rings (SSSR count). The van der Waals surface area contributed by atoms with Crippen molar-refractivity contribution in [1.82, 2.24) is 0 Å². The van der Waals surface area contributed by atoms with Gasteiger partial charge in [-0.2, -0.15) is 0 Å². The van der Waals surface area contributed by atoms with Crippen molar-refractivity contribution in [1.29, 1.82) is 0 Å². The number of hydrogen-bond donors (Lipinski definition) is 15. The van der Waals surface area contributed by atoms with Gasteiger partial charge in [-0.05, 0) is 107 Å². The van der Waals surface area contributed by atoms with E-state index in [0.29, 0.717) is 38.5 Å². The van der Waals surface area contributed by atoms with Crippen LogP contribution in [-0.4, -0.2) is 281 Å². The minimum atomic E-state index is -2.01. The Bertz CT molecular complexity index is 2260. The number of allylic oxidation sites excluding steroid dienone is 1. The van der Waals surface area contributed by atoms with Gasteiger partial charge in [0.1, 0.15) is 122 Å². The van der Waals surface area contributed by atoms with E-state index in [1.165, 1.54) is 13.8 Å². The van der Waals surface area contributed by atoms with Crippen LogP contribution in [0.15, 0.2) is 11.6 Å². The first kappa shape index (κ1) is 67.3. The molecule has 15 N–H and O–H groups in total. The number of ketones is 1. The molecule has 0 amide bonds. The first-order valence-electron chi connectivity index (χ1n) is 30.1. The zero-order valence-electron chi connectivity index (χ0n) is 48.8. The van der Waals surface area contributed by atoms with Gasteiger partial charge in [-0.1, -0.05) is 32.4 Å². The van der Waals surface area contributed by atoms with Crippen LogP contribution in [0.1, 0.15) is 99.3 Å². The molecule has 0 aromatic heterocycles. The molecule has 4 aliphatic carbocycles. The van der Waals surface area contributed by atoms with Crippen LogP contribution in [0.4, 0.5) is 0 Å². The number of ether oxygens (including phenoxy) is 11. The van der Waals surface area contributed by atoms with E-state index in [4.69, 9.17) is 52.1 Å². The number of carbonyl (C=O) groups is 2. The maximum Gasteiger partial charge on any atom is 0.306 e. The average Bonchev–Trinajstić information content (AvgIpc) is 1.68. The summed E-state index contributed by atoms with van der Waals surface area (Å²) in [5.74, 6) is -0.879. The van der Waals surface area contributed by atoms with Gasteiger partial charge in [-0.15, -0.1) is 0 Å². The second kappa shape index (κ2) is 27.4. The molecule has 5 heterocycles. The number of aliphatic hydroxyl groups is 15. The highest BCUT2D eigenvalue weighted by Crippen LogP contribution is 2.67. The Hall–Kier alpha value is -2.12. The van der Waals surface area contributed by atoms with Gasteiger partial charge in [-0.3, -0.25) is 9.59 Å². The SMILES string of the molecule is CC(=O)[C@H]1[C@@H](OC(=O)CC[C@@H](C)CO[C@@H]2O[C@H](CO)[C@@H](O)[C@H](O)[C@H]2O)C[C@H]2[C@@H]3CC=C4C[C@@H](O[C@@H]5O[C@H](CO)[C@@H](O[C@@H]6O[C@H](CO)[C@@H](O[C@@H]7O[C@@H](C)[C@H](O)[C@@H](O)[C@H]7O)[C@H](O)[C@H]6O)[C@H](O)[C@H]5O[C@@H]5O[C@@H](C)[C@H](O)[C@@H](O)[C@H]5O)CC[C@]4(C)[C@H]3CC[C@@]21C. The van der Waals surface area contributed by atoms with E-state index in [0.717, 1.165) is 18.4 Å².